The summed E-state index contributed by atoms with van der Waals surface area (Å²) in [6.45, 7) is 1.33. The van der Waals surface area contributed by atoms with Crippen molar-refractivity contribution in [3.05, 3.63) is 24.3 Å². The molecule has 1 heterocycles. The number of carbonyl (C=O) groups excluding carboxylic acids is 1. The van der Waals surface area contributed by atoms with Crippen molar-refractivity contribution in [2.75, 3.05) is 30.9 Å². The van der Waals surface area contributed by atoms with Crippen LogP contribution in [0.1, 0.15) is 6.42 Å². The highest BCUT2D eigenvalue weighted by atomic mass is 16.5. The number of amides is 1. The van der Waals surface area contributed by atoms with Gasteiger partial charge < -0.3 is 20.5 Å². The standard InChI is InChI=1S/C12H16N2O3/c13-9-2-1-3-10(6-9)14-12(15)8-17-11-4-5-16-7-11/h1-3,6,11H,4-5,7-8,13H2,(H,14,15). The third-order valence-corrected chi connectivity index (χ3v) is 2.51. The molecule has 1 aromatic rings. The second-order valence-electron chi connectivity index (χ2n) is 3.97. The first-order valence-electron chi connectivity index (χ1n) is 5.59. The Balaban J connectivity index is 1.76. The van der Waals surface area contributed by atoms with E-state index in [0.717, 1.165) is 6.42 Å². The number of rotatable bonds is 4. The van der Waals surface area contributed by atoms with E-state index in [1.807, 2.05) is 0 Å². The Morgan fingerprint density at radius 3 is 3.18 bits per heavy atom. The first kappa shape index (κ1) is 11.9. The van der Waals surface area contributed by atoms with E-state index >= 15 is 0 Å². The summed E-state index contributed by atoms with van der Waals surface area (Å²) in [5.74, 6) is -0.178. The van der Waals surface area contributed by atoms with Crippen molar-refractivity contribution in [1.82, 2.24) is 0 Å². The molecule has 1 fully saturated rings. The fraction of sp³-hybridized carbons (Fsp3) is 0.417. The fourth-order valence-corrected chi connectivity index (χ4v) is 1.65. The molecule has 0 spiro atoms. The maximum Gasteiger partial charge on any atom is 0.250 e. The summed E-state index contributed by atoms with van der Waals surface area (Å²) in [7, 11) is 0. The van der Waals surface area contributed by atoms with E-state index in [-0.39, 0.29) is 18.6 Å². The lowest BCUT2D eigenvalue weighted by Crippen LogP contribution is -2.23. The average molecular weight is 236 g/mol. The smallest absolute Gasteiger partial charge is 0.250 e. The van der Waals surface area contributed by atoms with Crippen molar-refractivity contribution in [3.8, 4) is 0 Å². The minimum Gasteiger partial charge on any atom is -0.399 e. The second kappa shape index (κ2) is 5.65. The zero-order valence-electron chi connectivity index (χ0n) is 9.52. The topological polar surface area (TPSA) is 73.6 Å². The van der Waals surface area contributed by atoms with Gasteiger partial charge in [0.25, 0.3) is 0 Å². The first-order valence-corrected chi connectivity index (χ1v) is 5.59. The van der Waals surface area contributed by atoms with Crippen LogP contribution in [-0.2, 0) is 14.3 Å². The van der Waals surface area contributed by atoms with Crippen LogP contribution >= 0.6 is 0 Å². The van der Waals surface area contributed by atoms with Crippen molar-refractivity contribution in [2.45, 2.75) is 12.5 Å². The summed E-state index contributed by atoms with van der Waals surface area (Å²) < 4.78 is 10.5. The number of nitrogen functional groups attached to an aromatic ring is 1. The number of anilines is 2. The molecule has 1 amide bonds. The minimum absolute atomic E-state index is 0.0431. The van der Waals surface area contributed by atoms with Gasteiger partial charge in [-0.1, -0.05) is 6.07 Å². The summed E-state index contributed by atoms with van der Waals surface area (Å²) in [4.78, 5) is 11.6. The van der Waals surface area contributed by atoms with Gasteiger partial charge >= 0.3 is 0 Å². The Hall–Kier alpha value is -1.59. The Morgan fingerprint density at radius 1 is 1.59 bits per heavy atom. The SMILES string of the molecule is Nc1cccc(NC(=O)COC2CCOC2)c1. The van der Waals surface area contributed by atoms with Gasteiger partial charge in [0, 0.05) is 18.0 Å². The van der Waals surface area contributed by atoms with Crippen molar-refractivity contribution in [3.63, 3.8) is 0 Å². The first-order chi connectivity index (χ1) is 8.24. The third-order valence-electron chi connectivity index (χ3n) is 2.51. The lowest BCUT2D eigenvalue weighted by molar-refractivity contribution is -0.122. The van der Waals surface area contributed by atoms with Gasteiger partial charge in [0.1, 0.15) is 6.61 Å². The molecule has 0 aliphatic carbocycles. The largest absolute Gasteiger partial charge is 0.399 e. The monoisotopic (exact) mass is 236 g/mol. The summed E-state index contributed by atoms with van der Waals surface area (Å²) in [6, 6.07) is 7.04. The zero-order valence-corrected chi connectivity index (χ0v) is 9.52. The van der Waals surface area contributed by atoms with Gasteiger partial charge in [-0.2, -0.15) is 0 Å². The minimum atomic E-state index is -0.178. The number of benzene rings is 1. The summed E-state index contributed by atoms with van der Waals surface area (Å²) in [5.41, 5.74) is 6.91. The molecule has 0 bridgehead atoms. The van der Waals surface area contributed by atoms with Crippen LogP contribution in [0.3, 0.4) is 0 Å². The number of hydrogen-bond donors (Lipinski definition) is 2. The predicted octanol–water partition coefficient (Wildman–Crippen LogP) is 1.01. The molecular weight excluding hydrogens is 220 g/mol. The molecule has 1 aliphatic rings. The Bertz CT molecular complexity index is 389. The molecule has 5 nitrogen and oxygen atoms in total. The van der Waals surface area contributed by atoms with Gasteiger partial charge in [-0.05, 0) is 24.6 Å². The summed E-state index contributed by atoms with van der Waals surface area (Å²) >= 11 is 0. The molecule has 0 radical (unpaired) electrons. The van der Waals surface area contributed by atoms with E-state index < -0.39 is 0 Å². The molecule has 3 N–H and O–H groups in total. The van der Waals surface area contributed by atoms with Gasteiger partial charge in [0.2, 0.25) is 5.91 Å². The van der Waals surface area contributed by atoms with Crippen LogP contribution in [0.2, 0.25) is 0 Å². The second-order valence-corrected chi connectivity index (χ2v) is 3.97. The average Bonchev–Trinajstić information content (AvgIpc) is 2.79. The van der Waals surface area contributed by atoms with Gasteiger partial charge in [-0.3, -0.25) is 4.79 Å². The van der Waals surface area contributed by atoms with Crippen LogP contribution in [0.4, 0.5) is 11.4 Å². The lowest BCUT2D eigenvalue weighted by Gasteiger charge is -2.10. The highest BCUT2D eigenvalue weighted by Crippen LogP contribution is 2.12. The molecule has 1 aliphatic heterocycles. The van der Waals surface area contributed by atoms with Crippen LogP contribution in [0, 0.1) is 0 Å². The van der Waals surface area contributed by atoms with Gasteiger partial charge in [0.05, 0.1) is 12.7 Å². The van der Waals surface area contributed by atoms with E-state index in [0.29, 0.717) is 24.6 Å². The molecule has 1 saturated heterocycles. The van der Waals surface area contributed by atoms with Crippen LogP contribution < -0.4 is 11.1 Å². The zero-order chi connectivity index (χ0) is 12.1. The fourth-order valence-electron chi connectivity index (χ4n) is 1.65. The van der Waals surface area contributed by atoms with E-state index in [4.69, 9.17) is 15.2 Å². The van der Waals surface area contributed by atoms with Gasteiger partial charge in [-0.25, -0.2) is 0 Å². The Labute approximate surface area is 99.9 Å². The molecule has 92 valence electrons. The normalized spacial score (nSPS) is 19.2. The number of ether oxygens (including phenoxy) is 2. The predicted molar refractivity (Wildman–Crippen MR) is 64.7 cm³/mol. The number of nitrogens with two attached hydrogens (primary N) is 1. The number of hydrogen-bond acceptors (Lipinski definition) is 4. The van der Waals surface area contributed by atoms with E-state index in [1.54, 1.807) is 24.3 Å². The van der Waals surface area contributed by atoms with Crippen LogP contribution in [0.15, 0.2) is 24.3 Å². The quantitative estimate of drug-likeness (QED) is 0.765. The maximum atomic E-state index is 11.6. The molecule has 5 heteroatoms. The lowest BCUT2D eigenvalue weighted by atomic mass is 10.3. The van der Waals surface area contributed by atoms with Crippen LogP contribution in [0.25, 0.3) is 0 Å². The van der Waals surface area contributed by atoms with E-state index in [2.05, 4.69) is 5.32 Å². The molecule has 17 heavy (non-hydrogen) atoms. The summed E-state index contributed by atoms with van der Waals surface area (Å²) in [5, 5.41) is 2.72. The molecule has 0 aromatic heterocycles. The Kier molecular flexibility index (Phi) is 3.95. The number of carbonyl (C=O) groups is 1. The van der Waals surface area contributed by atoms with E-state index in [1.165, 1.54) is 0 Å². The molecule has 0 saturated carbocycles. The molecular formula is C12H16N2O3. The van der Waals surface area contributed by atoms with Crippen molar-refractivity contribution >= 4 is 17.3 Å². The number of nitrogens with one attached hydrogen (secondary N) is 1. The molecule has 1 atom stereocenters. The molecule has 1 unspecified atom stereocenters. The van der Waals surface area contributed by atoms with Crippen LogP contribution in [0.5, 0.6) is 0 Å². The molecule has 1 aromatic carbocycles. The molecule has 2 rings (SSSR count). The van der Waals surface area contributed by atoms with Crippen molar-refractivity contribution < 1.29 is 14.3 Å². The summed E-state index contributed by atoms with van der Waals surface area (Å²) in [6.07, 6.45) is 0.896. The van der Waals surface area contributed by atoms with Gasteiger partial charge in [0.15, 0.2) is 0 Å². The van der Waals surface area contributed by atoms with Crippen LogP contribution in [-0.4, -0.2) is 31.8 Å². The van der Waals surface area contributed by atoms with E-state index in [9.17, 15) is 4.79 Å². The highest BCUT2D eigenvalue weighted by molar-refractivity contribution is 5.92. The third kappa shape index (κ3) is 3.72. The maximum absolute atomic E-state index is 11.6. The highest BCUT2D eigenvalue weighted by Gasteiger charge is 2.17. The van der Waals surface area contributed by atoms with Crippen molar-refractivity contribution in [1.29, 1.82) is 0 Å². The Morgan fingerprint density at radius 2 is 2.47 bits per heavy atom. The van der Waals surface area contributed by atoms with Gasteiger partial charge in [-0.15, -0.1) is 0 Å². The van der Waals surface area contributed by atoms with Crippen molar-refractivity contribution in [2.24, 2.45) is 0 Å².